The van der Waals surface area contributed by atoms with Crippen molar-refractivity contribution in [2.24, 2.45) is 0 Å². The fraction of sp³-hybridized carbons (Fsp3) is 0.615. The van der Waals surface area contributed by atoms with E-state index in [1.807, 2.05) is 18.0 Å². The van der Waals surface area contributed by atoms with Gasteiger partial charge in [0, 0.05) is 54.3 Å². The summed E-state index contributed by atoms with van der Waals surface area (Å²) in [6.07, 6.45) is 2.02. The Kier molecular flexibility index (Phi) is 4.68. The second-order valence-electron chi connectivity index (χ2n) is 4.33. The highest BCUT2D eigenvalue weighted by Gasteiger charge is 2.14. The van der Waals surface area contributed by atoms with Crippen LogP contribution in [0.1, 0.15) is 18.2 Å². The van der Waals surface area contributed by atoms with Gasteiger partial charge in [0.25, 0.3) is 0 Å². The fourth-order valence-electron chi connectivity index (χ4n) is 2.07. The first-order valence-electron chi connectivity index (χ1n) is 6.30. The fourth-order valence-corrected chi connectivity index (χ4v) is 2.97. The van der Waals surface area contributed by atoms with E-state index in [-0.39, 0.29) is 0 Å². The van der Waals surface area contributed by atoms with Gasteiger partial charge in [-0.25, -0.2) is 0 Å². The van der Waals surface area contributed by atoms with E-state index in [1.54, 1.807) is 0 Å². The first-order chi connectivity index (χ1) is 8.31. The van der Waals surface area contributed by atoms with E-state index < -0.39 is 0 Å². The van der Waals surface area contributed by atoms with Crippen LogP contribution in [0.4, 0.5) is 5.69 Å². The third-order valence-electron chi connectivity index (χ3n) is 3.02. The average Bonchev–Trinajstić information content (AvgIpc) is 2.38. The van der Waals surface area contributed by atoms with Gasteiger partial charge in [-0.05, 0) is 19.5 Å². The van der Waals surface area contributed by atoms with Crippen LogP contribution in [0.3, 0.4) is 0 Å². The molecule has 1 saturated heterocycles. The van der Waals surface area contributed by atoms with Gasteiger partial charge in [0.05, 0.1) is 0 Å². The molecule has 2 heterocycles. The molecule has 2 rings (SSSR count). The summed E-state index contributed by atoms with van der Waals surface area (Å²) >= 11 is 2.05. The predicted octanol–water partition coefficient (Wildman–Crippen LogP) is 2.05. The molecule has 17 heavy (non-hydrogen) atoms. The number of thioether (sulfide) groups is 1. The van der Waals surface area contributed by atoms with Crippen molar-refractivity contribution in [3.8, 4) is 0 Å². The van der Waals surface area contributed by atoms with Crippen LogP contribution in [0.25, 0.3) is 0 Å². The van der Waals surface area contributed by atoms with Crippen LogP contribution in [0.15, 0.2) is 12.3 Å². The lowest BCUT2D eigenvalue weighted by atomic mass is 10.2. The molecule has 0 radical (unpaired) electrons. The van der Waals surface area contributed by atoms with Crippen LogP contribution >= 0.6 is 11.8 Å². The van der Waals surface area contributed by atoms with Crippen molar-refractivity contribution in [2.75, 3.05) is 36.0 Å². The number of anilines is 1. The highest BCUT2D eigenvalue weighted by Crippen LogP contribution is 2.24. The molecule has 1 aliphatic heterocycles. The van der Waals surface area contributed by atoms with Crippen LogP contribution in [0.5, 0.6) is 0 Å². The average molecular weight is 251 g/mol. The Morgan fingerprint density at radius 2 is 2.18 bits per heavy atom. The molecular weight excluding hydrogens is 230 g/mol. The lowest BCUT2D eigenvalue weighted by Gasteiger charge is -2.30. The van der Waals surface area contributed by atoms with Crippen LogP contribution in [-0.2, 0) is 6.54 Å². The molecule has 1 aromatic heterocycles. The molecule has 1 fully saturated rings. The number of pyridine rings is 1. The number of hydrogen-bond donors (Lipinski definition) is 1. The molecule has 0 unspecified atom stereocenters. The molecule has 94 valence electrons. The molecular formula is C13H21N3S. The van der Waals surface area contributed by atoms with Crippen molar-refractivity contribution in [1.29, 1.82) is 0 Å². The van der Waals surface area contributed by atoms with Crippen LogP contribution in [0.2, 0.25) is 0 Å². The summed E-state index contributed by atoms with van der Waals surface area (Å²) in [5, 5.41) is 3.39. The number of aryl methyl sites for hydroxylation is 1. The van der Waals surface area contributed by atoms with Crippen LogP contribution in [0, 0.1) is 6.92 Å². The number of rotatable bonds is 4. The standard InChI is InChI=1S/C13H21N3S/c1-3-14-9-12-10-15-11(2)8-13(12)16-4-6-17-7-5-16/h8,10,14H,3-7,9H2,1-2H3. The van der Waals surface area contributed by atoms with Crippen LogP contribution < -0.4 is 10.2 Å². The number of nitrogens with zero attached hydrogens (tertiary/aromatic N) is 2. The summed E-state index contributed by atoms with van der Waals surface area (Å²) in [6, 6.07) is 2.22. The highest BCUT2D eigenvalue weighted by molar-refractivity contribution is 7.99. The molecule has 0 atom stereocenters. The van der Waals surface area contributed by atoms with Crippen molar-refractivity contribution in [1.82, 2.24) is 10.3 Å². The third-order valence-corrected chi connectivity index (χ3v) is 3.96. The quantitative estimate of drug-likeness (QED) is 0.886. The molecule has 4 heteroatoms. The van der Waals surface area contributed by atoms with Crippen molar-refractivity contribution < 1.29 is 0 Å². The Bertz CT molecular complexity index is 362. The number of aromatic nitrogens is 1. The van der Waals surface area contributed by atoms with Crippen molar-refractivity contribution in [3.63, 3.8) is 0 Å². The SMILES string of the molecule is CCNCc1cnc(C)cc1N1CCSCC1. The minimum Gasteiger partial charge on any atom is -0.370 e. The normalized spacial score (nSPS) is 16.2. The third kappa shape index (κ3) is 3.36. The number of hydrogen-bond acceptors (Lipinski definition) is 4. The van der Waals surface area contributed by atoms with E-state index in [0.29, 0.717) is 0 Å². The lowest BCUT2D eigenvalue weighted by Crippen LogP contribution is -2.33. The molecule has 1 aliphatic rings. The summed E-state index contributed by atoms with van der Waals surface area (Å²) in [7, 11) is 0. The molecule has 1 N–H and O–H groups in total. The summed E-state index contributed by atoms with van der Waals surface area (Å²) in [4.78, 5) is 6.91. The maximum atomic E-state index is 4.42. The molecule has 0 amide bonds. The van der Waals surface area contributed by atoms with E-state index >= 15 is 0 Å². The zero-order valence-electron chi connectivity index (χ0n) is 10.7. The first-order valence-corrected chi connectivity index (χ1v) is 7.45. The molecule has 3 nitrogen and oxygen atoms in total. The first kappa shape index (κ1) is 12.7. The van der Waals surface area contributed by atoms with E-state index in [0.717, 1.165) is 31.9 Å². The zero-order chi connectivity index (χ0) is 12.1. The van der Waals surface area contributed by atoms with Crippen molar-refractivity contribution >= 4 is 17.4 Å². The monoisotopic (exact) mass is 251 g/mol. The summed E-state index contributed by atoms with van der Waals surface area (Å²) in [6.45, 7) is 8.45. The second-order valence-corrected chi connectivity index (χ2v) is 5.56. The van der Waals surface area contributed by atoms with Gasteiger partial charge >= 0.3 is 0 Å². The predicted molar refractivity (Wildman–Crippen MR) is 75.9 cm³/mol. The molecule has 0 aliphatic carbocycles. The van der Waals surface area contributed by atoms with Crippen LogP contribution in [-0.4, -0.2) is 36.1 Å². The molecule has 0 spiro atoms. The molecule has 1 aromatic rings. The van der Waals surface area contributed by atoms with Gasteiger partial charge in [-0.15, -0.1) is 0 Å². The minimum atomic E-state index is 0.919. The maximum absolute atomic E-state index is 4.42. The van der Waals surface area contributed by atoms with Crippen molar-refractivity contribution in [2.45, 2.75) is 20.4 Å². The highest BCUT2D eigenvalue weighted by atomic mass is 32.2. The Morgan fingerprint density at radius 3 is 2.88 bits per heavy atom. The summed E-state index contributed by atoms with van der Waals surface area (Å²) in [5.74, 6) is 2.48. The second kappa shape index (κ2) is 6.26. The van der Waals surface area contributed by atoms with E-state index in [4.69, 9.17) is 0 Å². The van der Waals surface area contributed by atoms with Gasteiger partial charge in [0.15, 0.2) is 0 Å². The molecule has 0 saturated carbocycles. The van der Waals surface area contributed by atoms with E-state index in [2.05, 4.69) is 35.1 Å². The topological polar surface area (TPSA) is 28.2 Å². The molecule has 0 aromatic carbocycles. The zero-order valence-corrected chi connectivity index (χ0v) is 11.5. The smallest absolute Gasteiger partial charge is 0.0446 e. The largest absolute Gasteiger partial charge is 0.370 e. The Hall–Kier alpha value is -0.740. The van der Waals surface area contributed by atoms with E-state index in [9.17, 15) is 0 Å². The Morgan fingerprint density at radius 1 is 1.41 bits per heavy atom. The summed E-state index contributed by atoms with van der Waals surface area (Å²) < 4.78 is 0. The summed E-state index contributed by atoms with van der Waals surface area (Å²) in [5.41, 5.74) is 3.81. The van der Waals surface area contributed by atoms with Gasteiger partial charge in [-0.3, -0.25) is 4.98 Å². The van der Waals surface area contributed by atoms with Gasteiger partial charge < -0.3 is 10.2 Å². The number of nitrogens with one attached hydrogen (secondary N) is 1. The Balaban J connectivity index is 2.19. The lowest BCUT2D eigenvalue weighted by molar-refractivity contribution is 0.717. The van der Waals surface area contributed by atoms with Gasteiger partial charge in [-0.2, -0.15) is 11.8 Å². The maximum Gasteiger partial charge on any atom is 0.0446 e. The van der Waals surface area contributed by atoms with Gasteiger partial charge in [0.2, 0.25) is 0 Å². The van der Waals surface area contributed by atoms with E-state index in [1.165, 1.54) is 22.8 Å². The van der Waals surface area contributed by atoms with Gasteiger partial charge in [0.1, 0.15) is 0 Å². The molecule has 0 bridgehead atoms. The Labute approximate surface area is 108 Å². The van der Waals surface area contributed by atoms with Gasteiger partial charge in [-0.1, -0.05) is 6.92 Å². The minimum absolute atomic E-state index is 0.919. The van der Waals surface area contributed by atoms with Crippen molar-refractivity contribution in [3.05, 3.63) is 23.5 Å².